The van der Waals surface area contributed by atoms with E-state index in [0.717, 1.165) is 24.5 Å². The maximum atomic E-state index is 14.6. The molecule has 0 saturated carbocycles. The SMILES string of the molecule is CCCCNC(=O)c1cc(-c2ccc(Cl)cc2)n(-c2ccc(F)cc2F)c1C. The number of rotatable bonds is 6. The van der Waals surface area contributed by atoms with Crippen LogP contribution in [0.5, 0.6) is 0 Å². The fourth-order valence-corrected chi connectivity index (χ4v) is 3.24. The highest BCUT2D eigenvalue weighted by atomic mass is 35.5. The van der Waals surface area contributed by atoms with Crippen molar-refractivity contribution in [1.82, 2.24) is 9.88 Å². The van der Waals surface area contributed by atoms with Crippen LogP contribution < -0.4 is 5.32 Å². The summed E-state index contributed by atoms with van der Waals surface area (Å²) in [6, 6.07) is 12.2. The Balaban J connectivity index is 2.15. The molecule has 1 aromatic heterocycles. The Morgan fingerprint density at radius 1 is 1.11 bits per heavy atom. The second kappa shape index (κ2) is 8.57. The smallest absolute Gasteiger partial charge is 0.253 e. The summed E-state index contributed by atoms with van der Waals surface area (Å²) in [5.74, 6) is -1.58. The third kappa shape index (κ3) is 4.09. The second-order valence-electron chi connectivity index (χ2n) is 6.58. The molecule has 6 heteroatoms. The van der Waals surface area contributed by atoms with E-state index in [9.17, 15) is 13.6 Å². The molecule has 146 valence electrons. The van der Waals surface area contributed by atoms with Gasteiger partial charge in [-0.1, -0.05) is 37.1 Å². The maximum absolute atomic E-state index is 14.6. The molecule has 0 saturated heterocycles. The molecule has 1 heterocycles. The minimum Gasteiger partial charge on any atom is -0.352 e. The van der Waals surface area contributed by atoms with E-state index in [1.165, 1.54) is 12.1 Å². The van der Waals surface area contributed by atoms with Crippen molar-refractivity contribution in [3.63, 3.8) is 0 Å². The van der Waals surface area contributed by atoms with Gasteiger partial charge in [0.05, 0.1) is 16.9 Å². The molecule has 1 amide bonds. The van der Waals surface area contributed by atoms with Crippen molar-refractivity contribution in [1.29, 1.82) is 0 Å². The first-order valence-electron chi connectivity index (χ1n) is 9.14. The van der Waals surface area contributed by atoms with Gasteiger partial charge in [0, 0.05) is 23.3 Å². The zero-order valence-electron chi connectivity index (χ0n) is 15.7. The average Bonchev–Trinajstić information content (AvgIpc) is 3.00. The summed E-state index contributed by atoms with van der Waals surface area (Å²) in [4.78, 5) is 12.7. The van der Waals surface area contributed by atoms with Gasteiger partial charge >= 0.3 is 0 Å². The van der Waals surface area contributed by atoms with Crippen LogP contribution in [0.1, 0.15) is 35.8 Å². The molecule has 3 nitrogen and oxygen atoms in total. The van der Waals surface area contributed by atoms with Crippen molar-refractivity contribution in [3.8, 4) is 16.9 Å². The van der Waals surface area contributed by atoms with E-state index in [4.69, 9.17) is 11.6 Å². The van der Waals surface area contributed by atoms with Crippen LogP contribution in [-0.2, 0) is 0 Å². The number of amides is 1. The average molecular weight is 403 g/mol. The largest absolute Gasteiger partial charge is 0.352 e. The van der Waals surface area contributed by atoms with Crippen molar-refractivity contribution in [2.75, 3.05) is 6.54 Å². The van der Waals surface area contributed by atoms with E-state index in [0.29, 0.717) is 28.5 Å². The number of benzene rings is 2. The molecule has 0 fully saturated rings. The van der Waals surface area contributed by atoms with Crippen LogP contribution in [0.15, 0.2) is 48.5 Å². The maximum Gasteiger partial charge on any atom is 0.253 e. The van der Waals surface area contributed by atoms with Crippen molar-refractivity contribution in [2.24, 2.45) is 0 Å². The first-order valence-corrected chi connectivity index (χ1v) is 9.52. The molecule has 0 radical (unpaired) electrons. The summed E-state index contributed by atoms with van der Waals surface area (Å²) >= 11 is 5.98. The van der Waals surface area contributed by atoms with E-state index >= 15 is 0 Å². The highest BCUT2D eigenvalue weighted by Crippen LogP contribution is 2.31. The van der Waals surface area contributed by atoms with E-state index in [1.807, 2.05) is 6.92 Å². The number of hydrogen-bond donors (Lipinski definition) is 1. The van der Waals surface area contributed by atoms with Crippen LogP contribution in [0.2, 0.25) is 5.02 Å². The van der Waals surface area contributed by atoms with Crippen molar-refractivity contribution in [2.45, 2.75) is 26.7 Å². The Bertz CT molecular complexity index is 997. The lowest BCUT2D eigenvalue weighted by atomic mass is 10.1. The summed E-state index contributed by atoms with van der Waals surface area (Å²) in [7, 11) is 0. The first-order chi connectivity index (χ1) is 13.4. The van der Waals surface area contributed by atoms with Gasteiger partial charge in [0.15, 0.2) is 0 Å². The molecular formula is C22H21ClF2N2O. The van der Waals surface area contributed by atoms with Gasteiger partial charge in [-0.2, -0.15) is 0 Å². The molecule has 0 unspecified atom stereocenters. The van der Waals surface area contributed by atoms with Crippen LogP contribution in [0.3, 0.4) is 0 Å². The van der Waals surface area contributed by atoms with Gasteiger partial charge in [-0.3, -0.25) is 4.79 Å². The monoisotopic (exact) mass is 402 g/mol. The number of hydrogen-bond acceptors (Lipinski definition) is 1. The minimum atomic E-state index is -0.702. The molecule has 0 spiro atoms. The molecule has 0 bridgehead atoms. The molecule has 0 atom stereocenters. The van der Waals surface area contributed by atoms with Crippen LogP contribution in [0.4, 0.5) is 8.78 Å². The van der Waals surface area contributed by atoms with E-state index < -0.39 is 11.6 Å². The summed E-state index contributed by atoms with van der Waals surface area (Å²) in [5.41, 5.74) is 2.59. The molecule has 0 aliphatic rings. The normalized spacial score (nSPS) is 10.9. The Morgan fingerprint density at radius 2 is 1.82 bits per heavy atom. The van der Waals surface area contributed by atoms with Gasteiger partial charge < -0.3 is 9.88 Å². The number of unbranched alkanes of at least 4 members (excludes halogenated alkanes) is 1. The lowest BCUT2D eigenvalue weighted by molar-refractivity contribution is 0.0952. The number of nitrogens with zero attached hydrogens (tertiary/aromatic N) is 1. The quantitative estimate of drug-likeness (QED) is 0.510. The molecule has 0 aliphatic heterocycles. The van der Waals surface area contributed by atoms with Gasteiger partial charge in [0.2, 0.25) is 0 Å². The Morgan fingerprint density at radius 3 is 2.46 bits per heavy atom. The third-order valence-electron chi connectivity index (χ3n) is 4.60. The zero-order chi connectivity index (χ0) is 20.3. The zero-order valence-corrected chi connectivity index (χ0v) is 16.5. The summed E-state index contributed by atoms with van der Waals surface area (Å²) in [6.07, 6.45) is 1.85. The van der Waals surface area contributed by atoms with Crippen molar-refractivity contribution >= 4 is 17.5 Å². The fraction of sp³-hybridized carbons (Fsp3) is 0.227. The van der Waals surface area contributed by atoms with E-state index in [2.05, 4.69) is 5.32 Å². The van der Waals surface area contributed by atoms with Crippen molar-refractivity contribution < 1.29 is 13.6 Å². The number of nitrogens with one attached hydrogen (secondary N) is 1. The van der Waals surface area contributed by atoms with Gasteiger partial charge in [-0.05, 0) is 49.2 Å². The third-order valence-corrected chi connectivity index (χ3v) is 4.85. The number of carbonyl (C=O) groups is 1. The Kier molecular flexibility index (Phi) is 6.15. The predicted octanol–water partition coefficient (Wildman–Crippen LogP) is 5.91. The molecular weight excluding hydrogens is 382 g/mol. The van der Waals surface area contributed by atoms with Gasteiger partial charge in [-0.15, -0.1) is 0 Å². The van der Waals surface area contributed by atoms with Crippen LogP contribution in [0.25, 0.3) is 16.9 Å². The molecule has 28 heavy (non-hydrogen) atoms. The fourth-order valence-electron chi connectivity index (χ4n) is 3.12. The highest BCUT2D eigenvalue weighted by molar-refractivity contribution is 6.30. The van der Waals surface area contributed by atoms with Gasteiger partial charge in [-0.25, -0.2) is 8.78 Å². The second-order valence-corrected chi connectivity index (χ2v) is 7.01. The van der Waals surface area contributed by atoms with Crippen LogP contribution >= 0.6 is 11.6 Å². The predicted molar refractivity (Wildman–Crippen MR) is 108 cm³/mol. The van der Waals surface area contributed by atoms with Crippen LogP contribution in [0, 0.1) is 18.6 Å². The standard InChI is InChI=1S/C22H21ClF2N2O/c1-3-4-11-26-22(28)18-13-21(15-5-7-16(23)8-6-15)27(14(18)2)20-10-9-17(24)12-19(20)25/h5-10,12-13H,3-4,11H2,1-2H3,(H,26,28). The minimum absolute atomic E-state index is 0.177. The molecule has 3 aromatic rings. The summed E-state index contributed by atoms with van der Waals surface area (Å²) < 4.78 is 29.6. The first kappa shape index (κ1) is 20.1. The molecule has 0 aliphatic carbocycles. The highest BCUT2D eigenvalue weighted by Gasteiger charge is 2.21. The van der Waals surface area contributed by atoms with Crippen molar-refractivity contribution in [3.05, 3.63) is 76.4 Å². The molecule has 3 rings (SSSR count). The van der Waals surface area contributed by atoms with E-state index in [1.54, 1.807) is 41.8 Å². The topological polar surface area (TPSA) is 34.0 Å². The lowest BCUT2D eigenvalue weighted by Gasteiger charge is -2.13. The summed E-state index contributed by atoms with van der Waals surface area (Å²) in [6.45, 7) is 4.36. The number of aromatic nitrogens is 1. The van der Waals surface area contributed by atoms with Gasteiger partial charge in [0.1, 0.15) is 11.6 Å². The number of halogens is 3. The number of carbonyl (C=O) groups excluding carboxylic acids is 1. The Hall–Kier alpha value is -2.66. The summed E-state index contributed by atoms with van der Waals surface area (Å²) in [5, 5.41) is 3.46. The van der Waals surface area contributed by atoms with E-state index in [-0.39, 0.29) is 11.6 Å². The molecule has 1 N–H and O–H groups in total. The molecule has 2 aromatic carbocycles. The lowest BCUT2D eigenvalue weighted by Crippen LogP contribution is -2.24. The van der Waals surface area contributed by atoms with Gasteiger partial charge in [0.25, 0.3) is 5.91 Å². The van der Waals surface area contributed by atoms with Crippen LogP contribution in [-0.4, -0.2) is 17.0 Å². The Labute approximate surface area is 168 Å².